The van der Waals surface area contributed by atoms with Crippen LogP contribution in [0.4, 0.5) is 5.69 Å². The number of hydrogen-bond acceptors (Lipinski definition) is 5. The van der Waals surface area contributed by atoms with Crippen molar-refractivity contribution >= 4 is 60.4 Å². The molecule has 1 aliphatic heterocycles. The van der Waals surface area contributed by atoms with Crippen molar-refractivity contribution in [1.82, 2.24) is 4.90 Å². The molecule has 0 saturated carbocycles. The monoisotopic (exact) mass is 538 g/mol. The lowest BCUT2D eigenvalue weighted by Crippen LogP contribution is -2.41. The van der Waals surface area contributed by atoms with Crippen LogP contribution in [0.2, 0.25) is 15.1 Å². The van der Waals surface area contributed by atoms with Crippen molar-refractivity contribution in [2.45, 2.75) is 36.0 Å². The molecular formula is C21H25Cl3N2O4S2. The molecule has 1 fully saturated rings. The summed E-state index contributed by atoms with van der Waals surface area (Å²) in [6.07, 6.45) is 2.32. The zero-order chi connectivity index (χ0) is 23.7. The third-order valence-corrected chi connectivity index (χ3v) is 9.96. The molecule has 11 heteroatoms. The lowest BCUT2D eigenvalue weighted by atomic mass is 10.2. The van der Waals surface area contributed by atoms with Crippen molar-refractivity contribution in [2.75, 3.05) is 30.2 Å². The number of likely N-dealkylation sites (tertiary alicyclic amines) is 1. The van der Waals surface area contributed by atoms with E-state index in [1.807, 2.05) is 0 Å². The molecule has 2 unspecified atom stereocenters. The summed E-state index contributed by atoms with van der Waals surface area (Å²) >= 11 is 18.5. The quantitative estimate of drug-likeness (QED) is 0.484. The van der Waals surface area contributed by atoms with Crippen molar-refractivity contribution in [2.24, 2.45) is 0 Å². The fraction of sp³-hybridized carbons (Fsp3) is 0.429. The standard InChI is InChI=1S/C21H25Cl3N2O4S2/c1-15(9-11-25-12-10-19(14-25)31(2,27)28)26(21-13-17(23)5-8-20(21)24)32(29,30)18-6-3-16(22)4-7-18/h3-8,13,15,19H,9-12,14H2,1-2H3. The Morgan fingerprint density at radius 1 is 1.03 bits per heavy atom. The highest BCUT2D eigenvalue weighted by Gasteiger charge is 2.33. The van der Waals surface area contributed by atoms with Crippen LogP contribution in [0.15, 0.2) is 47.4 Å². The second-order valence-corrected chi connectivity index (χ2v) is 13.4. The minimum atomic E-state index is -3.97. The number of halogens is 3. The van der Waals surface area contributed by atoms with Crippen LogP contribution in [0, 0.1) is 0 Å². The van der Waals surface area contributed by atoms with Gasteiger partial charge in [0, 0.05) is 35.4 Å². The predicted octanol–water partition coefficient (Wildman–Crippen LogP) is 4.74. The smallest absolute Gasteiger partial charge is 0.264 e. The van der Waals surface area contributed by atoms with Crippen molar-refractivity contribution in [1.29, 1.82) is 0 Å². The molecule has 1 aliphatic rings. The van der Waals surface area contributed by atoms with E-state index < -0.39 is 25.9 Å². The van der Waals surface area contributed by atoms with E-state index in [0.29, 0.717) is 42.5 Å². The SMILES string of the molecule is CC(CCN1CCC(S(C)(=O)=O)C1)N(c1cc(Cl)ccc1Cl)S(=O)(=O)c1ccc(Cl)cc1. The fourth-order valence-corrected chi connectivity index (χ4v) is 7.08. The molecule has 176 valence electrons. The largest absolute Gasteiger partial charge is 0.302 e. The van der Waals surface area contributed by atoms with Gasteiger partial charge in [0.15, 0.2) is 9.84 Å². The summed E-state index contributed by atoms with van der Waals surface area (Å²) in [5.41, 5.74) is 0.289. The molecule has 2 atom stereocenters. The molecule has 0 aliphatic carbocycles. The molecule has 2 aromatic rings. The molecule has 3 rings (SSSR count). The van der Waals surface area contributed by atoms with Gasteiger partial charge in [-0.1, -0.05) is 34.8 Å². The van der Waals surface area contributed by atoms with E-state index >= 15 is 0 Å². The van der Waals surface area contributed by atoms with Gasteiger partial charge >= 0.3 is 0 Å². The Morgan fingerprint density at radius 3 is 2.25 bits per heavy atom. The molecule has 6 nitrogen and oxygen atoms in total. The maximum Gasteiger partial charge on any atom is 0.264 e. The maximum atomic E-state index is 13.6. The van der Waals surface area contributed by atoms with Gasteiger partial charge in [-0.25, -0.2) is 16.8 Å². The van der Waals surface area contributed by atoms with Crippen molar-refractivity contribution in [3.63, 3.8) is 0 Å². The third kappa shape index (κ3) is 5.90. The second-order valence-electron chi connectivity index (χ2n) is 8.03. The van der Waals surface area contributed by atoms with E-state index in [1.165, 1.54) is 40.9 Å². The Labute approximate surface area is 205 Å². The predicted molar refractivity (Wildman–Crippen MR) is 131 cm³/mol. The summed E-state index contributed by atoms with van der Waals surface area (Å²) in [6.45, 7) is 3.46. The number of benzene rings is 2. The zero-order valence-corrected chi connectivity index (χ0v) is 21.6. The molecule has 1 saturated heterocycles. The van der Waals surface area contributed by atoms with Gasteiger partial charge in [-0.15, -0.1) is 0 Å². The van der Waals surface area contributed by atoms with Crippen LogP contribution in [-0.2, 0) is 19.9 Å². The number of anilines is 1. The molecule has 2 aromatic carbocycles. The molecule has 0 radical (unpaired) electrons. The van der Waals surface area contributed by atoms with E-state index in [9.17, 15) is 16.8 Å². The molecule has 0 aromatic heterocycles. The lowest BCUT2D eigenvalue weighted by Gasteiger charge is -2.32. The van der Waals surface area contributed by atoms with Gasteiger partial charge in [0.05, 0.1) is 20.9 Å². The molecule has 0 amide bonds. The van der Waals surface area contributed by atoms with E-state index in [1.54, 1.807) is 19.1 Å². The Hall–Kier alpha value is -1.03. The molecule has 0 bridgehead atoms. The summed E-state index contributed by atoms with van der Waals surface area (Å²) in [4.78, 5) is 2.14. The fourth-order valence-electron chi connectivity index (χ4n) is 3.81. The molecule has 32 heavy (non-hydrogen) atoms. The number of rotatable bonds is 8. The van der Waals surface area contributed by atoms with E-state index in [2.05, 4.69) is 4.90 Å². The Morgan fingerprint density at radius 2 is 1.66 bits per heavy atom. The highest BCUT2D eigenvalue weighted by atomic mass is 35.5. The second kappa shape index (κ2) is 10.1. The van der Waals surface area contributed by atoms with E-state index in [0.717, 1.165) is 0 Å². The summed E-state index contributed by atoms with van der Waals surface area (Å²) in [6, 6.07) is 10.2. The lowest BCUT2D eigenvalue weighted by molar-refractivity contribution is 0.325. The summed E-state index contributed by atoms with van der Waals surface area (Å²) in [5, 5.41) is 0.674. The zero-order valence-electron chi connectivity index (χ0n) is 17.7. The summed E-state index contributed by atoms with van der Waals surface area (Å²) < 4.78 is 52.2. The van der Waals surface area contributed by atoms with E-state index in [-0.39, 0.29) is 20.9 Å². The van der Waals surface area contributed by atoms with Crippen LogP contribution in [0.5, 0.6) is 0 Å². The number of hydrogen-bond donors (Lipinski definition) is 0. The first-order valence-corrected chi connectivity index (χ1v) is 14.6. The van der Waals surface area contributed by atoms with Crippen molar-refractivity contribution in [3.05, 3.63) is 57.5 Å². The molecule has 0 spiro atoms. The molecular weight excluding hydrogens is 515 g/mol. The third-order valence-electron chi connectivity index (χ3n) is 5.61. The maximum absolute atomic E-state index is 13.6. The Bertz CT molecular complexity index is 1170. The molecule has 0 N–H and O–H groups in total. The number of nitrogens with zero attached hydrogens (tertiary/aromatic N) is 2. The van der Waals surface area contributed by atoms with Gasteiger partial charge in [-0.05, 0) is 68.8 Å². The van der Waals surface area contributed by atoms with Gasteiger partial charge in [0.25, 0.3) is 10.0 Å². The number of sulfonamides is 1. The van der Waals surface area contributed by atoms with Gasteiger partial charge in [-0.2, -0.15) is 0 Å². The molecule has 1 heterocycles. The van der Waals surface area contributed by atoms with Gasteiger partial charge < -0.3 is 4.90 Å². The first-order valence-electron chi connectivity index (χ1n) is 10.1. The summed E-state index contributed by atoms with van der Waals surface area (Å²) in [7, 11) is -7.07. The van der Waals surface area contributed by atoms with E-state index in [4.69, 9.17) is 34.8 Å². The first-order chi connectivity index (χ1) is 14.9. The minimum Gasteiger partial charge on any atom is -0.302 e. The van der Waals surface area contributed by atoms with Crippen molar-refractivity contribution in [3.8, 4) is 0 Å². The minimum absolute atomic E-state index is 0.0862. The van der Waals surface area contributed by atoms with Crippen LogP contribution >= 0.6 is 34.8 Å². The van der Waals surface area contributed by atoms with Crippen LogP contribution in [-0.4, -0.2) is 58.9 Å². The van der Waals surface area contributed by atoms with Crippen LogP contribution in [0.25, 0.3) is 0 Å². The van der Waals surface area contributed by atoms with Gasteiger partial charge in [0.2, 0.25) is 0 Å². The normalized spacial score (nSPS) is 18.6. The average molecular weight is 540 g/mol. The first kappa shape index (κ1) is 25.6. The number of sulfone groups is 1. The highest BCUT2D eigenvalue weighted by molar-refractivity contribution is 7.93. The Kier molecular flexibility index (Phi) is 8.06. The van der Waals surface area contributed by atoms with Gasteiger partial charge in [0.1, 0.15) is 0 Å². The highest BCUT2D eigenvalue weighted by Crippen LogP contribution is 2.35. The van der Waals surface area contributed by atoms with Crippen LogP contribution < -0.4 is 4.31 Å². The average Bonchev–Trinajstić information content (AvgIpc) is 3.19. The van der Waals surface area contributed by atoms with Gasteiger partial charge in [-0.3, -0.25) is 4.31 Å². The summed E-state index contributed by atoms with van der Waals surface area (Å²) in [5.74, 6) is 0. The van der Waals surface area contributed by atoms with Crippen molar-refractivity contribution < 1.29 is 16.8 Å². The van der Waals surface area contributed by atoms with Crippen LogP contribution in [0.1, 0.15) is 19.8 Å². The Balaban J connectivity index is 1.89. The topological polar surface area (TPSA) is 74.8 Å². The van der Waals surface area contributed by atoms with Crippen LogP contribution in [0.3, 0.4) is 0 Å².